The topological polar surface area (TPSA) is 68.3 Å². The number of hydrogen-bond donors (Lipinski definition) is 1. The van der Waals surface area contributed by atoms with E-state index in [4.69, 9.17) is 0 Å². The number of hydrogen-bond acceptors (Lipinski definition) is 6. The van der Waals surface area contributed by atoms with Gasteiger partial charge in [-0.25, -0.2) is 14.2 Å². The van der Waals surface area contributed by atoms with Crippen LogP contribution in [0.25, 0.3) is 0 Å². The highest BCUT2D eigenvalue weighted by molar-refractivity contribution is 7.99. The Morgan fingerprint density at radius 2 is 2.04 bits per heavy atom. The second kappa shape index (κ2) is 8.07. The molecule has 0 atom stereocenters. The summed E-state index contributed by atoms with van der Waals surface area (Å²) in [6.07, 6.45) is 0.286. The van der Waals surface area contributed by atoms with Crippen LogP contribution in [0.2, 0.25) is 0 Å². The number of carbonyl (C=O) groups is 2. The van der Waals surface area contributed by atoms with Crippen LogP contribution in [0.15, 0.2) is 29.2 Å². The highest BCUT2D eigenvalue weighted by atomic mass is 32.2. The predicted molar refractivity (Wildman–Crippen MR) is 88.6 cm³/mol. The standard InChI is InChI=1S/C15H15FN2O3S2/c1-9-13(14(20)21-2)23-15(17-9)18-12(19)7-8-22-11-5-3-10(16)4-6-11/h3-6H,7-8H2,1-2H3,(H,17,18,19). The molecule has 0 saturated carbocycles. The van der Waals surface area contributed by atoms with Crippen molar-refractivity contribution in [3.8, 4) is 0 Å². The number of benzene rings is 1. The molecule has 0 aliphatic heterocycles. The van der Waals surface area contributed by atoms with Crippen molar-refractivity contribution in [2.75, 3.05) is 18.2 Å². The van der Waals surface area contributed by atoms with Gasteiger partial charge in [-0.2, -0.15) is 0 Å². The molecule has 5 nitrogen and oxygen atoms in total. The highest BCUT2D eigenvalue weighted by Gasteiger charge is 2.16. The molecule has 2 rings (SSSR count). The number of amides is 1. The summed E-state index contributed by atoms with van der Waals surface area (Å²) in [5.74, 6) is -0.379. The van der Waals surface area contributed by atoms with Crippen LogP contribution >= 0.6 is 23.1 Å². The number of rotatable bonds is 6. The highest BCUT2D eigenvalue weighted by Crippen LogP contribution is 2.24. The Morgan fingerprint density at radius 1 is 1.35 bits per heavy atom. The molecule has 0 saturated heterocycles. The van der Waals surface area contributed by atoms with Gasteiger partial charge in [-0.3, -0.25) is 4.79 Å². The first-order valence-corrected chi connectivity index (χ1v) is 8.53. The number of esters is 1. The Bertz CT molecular complexity index is 701. The minimum absolute atomic E-state index is 0.190. The molecule has 2 aromatic rings. The monoisotopic (exact) mass is 354 g/mol. The van der Waals surface area contributed by atoms with E-state index in [9.17, 15) is 14.0 Å². The number of nitrogens with zero attached hydrogens (tertiary/aromatic N) is 1. The molecule has 1 aromatic carbocycles. The zero-order valence-corrected chi connectivity index (χ0v) is 14.2. The first-order valence-electron chi connectivity index (χ1n) is 6.73. The lowest BCUT2D eigenvalue weighted by atomic mass is 10.4. The number of thiazole rings is 1. The van der Waals surface area contributed by atoms with Crippen LogP contribution in [0.1, 0.15) is 21.8 Å². The second-order valence-corrected chi connectivity index (χ2v) is 6.69. The van der Waals surface area contributed by atoms with Gasteiger partial charge in [-0.1, -0.05) is 11.3 Å². The van der Waals surface area contributed by atoms with Crippen LogP contribution in [0, 0.1) is 12.7 Å². The number of aryl methyl sites for hydroxylation is 1. The Kier molecular flexibility index (Phi) is 6.12. The maximum Gasteiger partial charge on any atom is 0.350 e. The van der Waals surface area contributed by atoms with E-state index in [1.807, 2.05) is 0 Å². The minimum Gasteiger partial charge on any atom is -0.465 e. The average Bonchev–Trinajstić information content (AvgIpc) is 2.89. The van der Waals surface area contributed by atoms with Crippen molar-refractivity contribution >= 4 is 40.1 Å². The second-order valence-electron chi connectivity index (χ2n) is 4.53. The fraction of sp³-hybridized carbons (Fsp3) is 0.267. The molecular weight excluding hydrogens is 339 g/mol. The molecule has 0 radical (unpaired) electrons. The summed E-state index contributed by atoms with van der Waals surface area (Å²) < 4.78 is 17.4. The van der Waals surface area contributed by atoms with Gasteiger partial charge in [0.05, 0.1) is 12.8 Å². The van der Waals surface area contributed by atoms with Gasteiger partial charge in [-0.05, 0) is 31.2 Å². The summed E-state index contributed by atoms with van der Waals surface area (Å²) >= 11 is 2.55. The Labute approximate surface area is 141 Å². The summed E-state index contributed by atoms with van der Waals surface area (Å²) in [7, 11) is 1.30. The van der Waals surface area contributed by atoms with Crippen molar-refractivity contribution in [2.24, 2.45) is 0 Å². The van der Waals surface area contributed by atoms with E-state index in [1.165, 1.54) is 31.0 Å². The van der Waals surface area contributed by atoms with Gasteiger partial charge in [0, 0.05) is 17.1 Å². The van der Waals surface area contributed by atoms with E-state index < -0.39 is 5.97 Å². The van der Waals surface area contributed by atoms with Gasteiger partial charge in [0.15, 0.2) is 5.13 Å². The molecule has 0 bridgehead atoms. The van der Waals surface area contributed by atoms with E-state index in [0.29, 0.717) is 21.5 Å². The first kappa shape index (κ1) is 17.4. The molecule has 122 valence electrons. The lowest BCUT2D eigenvalue weighted by molar-refractivity contribution is -0.115. The molecule has 0 aliphatic carbocycles. The van der Waals surface area contributed by atoms with Gasteiger partial charge in [0.1, 0.15) is 10.7 Å². The Hall–Kier alpha value is -1.93. The number of methoxy groups -OCH3 is 1. The Morgan fingerprint density at radius 3 is 2.70 bits per heavy atom. The van der Waals surface area contributed by atoms with Crippen LogP contribution in [0.4, 0.5) is 9.52 Å². The fourth-order valence-corrected chi connectivity index (χ4v) is 3.46. The summed E-state index contributed by atoms with van der Waals surface area (Å²) in [6, 6.07) is 6.11. The number of aromatic nitrogens is 1. The average molecular weight is 354 g/mol. The van der Waals surface area contributed by atoms with Gasteiger partial charge in [0.25, 0.3) is 0 Å². The maximum absolute atomic E-state index is 12.8. The van der Waals surface area contributed by atoms with Crippen molar-refractivity contribution in [2.45, 2.75) is 18.2 Å². The van der Waals surface area contributed by atoms with Gasteiger partial charge in [0.2, 0.25) is 5.91 Å². The third-order valence-electron chi connectivity index (χ3n) is 2.83. The minimum atomic E-state index is -0.465. The van der Waals surface area contributed by atoms with Gasteiger partial charge in [-0.15, -0.1) is 11.8 Å². The van der Waals surface area contributed by atoms with E-state index in [2.05, 4.69) is 15.0 Å². The lowest BCUT2D eigenvalue weighted by Crippen LogP contribution is -2.11. The first-order chi connectivity index (χ1) is 11.0. The van der Waals surface area contributed by atoms with Crippen molar-refractivity contribution in [3.63, 3.8) is 0 Å². The van der Waals surface area contributed by atoms with Crippen LogP contribution in [-0.2, 0) is 9.53 Å². The number of thioether (sulfide) groups is 1. The van der Waals surface area contributed by atoms with Crippen LogP contribution in [0.3, 0.4) is 0 Å². The molecule has 23 heavy (non-hydrogen) atoms. The zero-order chi connectivity index (χ0) is 16.8. The van der Waals surface area contributed by atoms with E-state index in [0.717, 1.165) is 16.2 Å². The number of halogens is 1. The van der Waals surface area contributed by atoms with Crippen molar-refractivity contribution in [1.82, 2.24) is 4.98 Å². The number of ether oxygens (including phenoxy) is 1. The van der Waals surface area contributed by atoms with Gasteiger partial charge >= 0.3 is 5.97 Å². The normalized spacial score (nSPS) is 10.4. The van der Waals surface area contributed by atoms with Crippen LogP contribution < -0.4 is 5.32 Å². The van der Waals surface area contributed by atoms with Crippen molar-refractivity contribution in [3.05, 3.63) is 40.7 Å². The molecular formula is C15H15FN2O3S2. The number of carbonyl (C=O) groups excluding carboxylic acids is 2. The molecule has 0 unspecified atom stereocenters. The smallest absolute Gasteiger partial charge is 0.350 e. The number of anilines is 1. The van der Waals surface area contributed by atoms with E-state index in [-0.39, 0.29) is 18.1 Å². The van der Waals surface area contributed by atoms with Gasteiger partial charge < -0.3 is 10.1 Å². The molecule has 1 amide bonds. The quantitative estimate of drug-likeness (QED) is 0.635. The van der Waals surface area contributed by atoms with E-state index in [1.54, 1.807) is 19.1 Å². The summed E-state index contributed by atoms with van der Waals surface area (Å²) in [4.78, 5) is 28.8. The molecule has 0 spiro atoms. The molecule has 1 N–H and O–H groups in total. The van der Waals surface area contributed by atoms with E-state index >= 15 is 0 Å². The Balaban J connectivity index is 1.83. The van der Waals surface area contributed by atoms with Crippen molar-refractivity contribution in [1.29, 1.82) is 0 Å². The summed E-state index contributed by atoms with van der Waals surface area (Å²) in [5.41, 5.74) is 0.526. The SMILES string of the molecule is COC(=O)c1sc(NC(=O)CCSc2ccc(F)cc2)nc1C. The summed E-state index contributed by atoms with van der Waals surface area (Å²) in [5, 5.41) is 3.04. The lowest BCUT2D eigenvalue weighted by Gasteiger charge is -2.02. The van der Waals surface area contributed by atoms with Crippen LogP contribution in [0.5, 0.6) is 0 Å². The molecule has 8 heteroatoms. The molecule has 0 aliphatic rings. The fourth-order valence-electron chi connectivity index (χ4n) is 1.71. The molecule has 1 heterocycles. The predicted octanol–water partition coefficient (Wildman–Crippen LogP) is 3.50. The summed E-state index contributed by atoms with van der Waals surface area (Å²) in [6.45, 7) is 1.68. The zero-order valence-electron chi connectivity index (χ0n) is 12.6. The number of nitrogens with one attached hydrogen (secondary N) is 1. The van der Waals surface area contributed by atoms with Crippen LogP contribution in [-0.4, -0.2) is 29.7 Å². The van der Waals surface area contributed by atoms with Crippen molar-refractivity contribution < 1.29 is 18.7 Å². The molecule has 0 fully saturated rings. The third-order valence-corrected chi connectivity index (χ3v) is 4.89. The largest absolute Gasteiger partial charge is 0.465 e. The third kappa shape index (κ3) is 5.04. The molecule has 1 aromatic heterocycles. The maximum atomic E-state index is 12.8.